The number of anilines is 8. The number of rotatable bonds is 2. The average molecular weight is 1080 g/mol. The van der Waals surface area contributed by atoms with Crippen molar-refractivity contribution in [3.8, 4) is 0 Å². The number of carbonyl (C=O) groups excluding carboxylic acids is 2. The Hall–Kier alpha value is -10.0. The van der Waals surface area contributed by atoms with Crippen LogP contribution in [0.5, 0.6) is 0 Å². The van der Waals surface area contributed by atoms with Crippen LogP contribution in [0.25, 0.3) is 21.5 Å². The minimum Gasteiger partial charge on any atom is -0.263 e. The van der Waals surface area contributed by atoms with E-state index in [4.69, 9.17) is 0 Å². The summed E-state index contributed by atoms with van der Waals surface area (Å²) in [5.74, 6) is 0. The van der Waals surface area contributed by atoms with E-state index in [1.165, 1.54) is 55.2 Å². The summed E-state index contributed by atoms with van der Waals surface area (Å²) < 4.78 is 0. The summed E-state index contributed by atoms with van der Waals surface area (Å²) in [7, 11) is 0. The number of aryl methyl sites for hydroxylation is 4. The predicted octanol–water partition coefficient (Wildman–Crippen LogP) is 8.37. The topological polar surface area (TPSA) is 47.1 Å². The first-order valence-corrected chi connectivity index (χ1v) is 30.0. The molecule has 6 nitrogen and oxygen atoms in total. The summed E-state index contributed by atoms with van der Waals surface area (Å²) >= 11 is 0. The van der Waals surface area contributed by atoms with E-state index in [-0.39, 0.29) is 38.9 Å². The third-order valence-electron chi connectivity index (χ3n) is 21.3. The van der Waals surface area contributed by atoms with Crippen LogP contribution in [0.4, 0.5) is 55.1 Å². The minimum absolute atomic E-state index is 0.0604. The van der Waals surface area contributed by atoms with Gasteiger partial charge in [-0.05, 0) is 129 Å². The van der Waals surface area contributed by atoms with Crippen molar-refractivity contribution in [1.29, 1.82) is 0 Å². The van der Waals surface area contributed by atoms with Crippen molar-refractivity contribution >= 4 is 172 Å². The zero-order valence-corrected chi connectivity index (χ0v) is 47.2. The lowest BCUT2D eigenvalue weighted by atomic mass is 9.25. The molecule has 0 radical (unpaired) electrons. The normalized spacial score (nSPS) is 15.7. The van der Waals surface area contributed by atoms with Crippen molar-refractivity contribution in [2.45, 2.75) is 33.1 Å². The Bertz CT molecular complexity index is 4860. The van der Waals surface area contributed by atoms with Gasteiger partial charge in [0.1, 0.15) is 0 Å². The molecule has 12 aromatic carbocycles. The number of nitrogens with zero attached hydrogens (tertiary/aromatic N) is 4. The van der Waals surface area contributed by atoms with Crippen LogP contribution in [0.15, 0.2) is 218 Å². The molecule has 1 spiro atoms. The summed E-state index contributed by atoms with van der Waals surface area (Å²) in [6.07, 6.45) is 0. The standard InChI is InChI=1S/C75H48B4N4O2/c1-41-17-13-18-42(2)65(41)78-53-27-9-11-29-59(53)80-69-57(78)39-35-45-33-37-55-71(63(45)69)82(73(80)84)61-31-15-23-49-67(61)76(55)51-25-7-5-21-47(51)75(49)48-22-6-8-26-52(48)77-56-38-34-46-36-40-58-70-64(46)72(56)83(62-32-16-24-50(75)68(62)77)74(85)81(70)60-30-12-10-28-54(60)79(58)66-43(3)19-14-20-44(66)4/h5-40H,1-4H3. The molecule has 392 valence electrons. The van der Waals surface area contributed by atoms with Gasteiger partial charge in [0.2, 0.25) is 26.9 Å². The molecule has 0 saturated heterocycles. The fraction of sp³-hybridized carbons (Fsp3) is 0.0667. The van der Waals surface area contributed by atoms with Crippen molar-refractivity contribution in [2.24, 2.45) is 0 Å². The van der Waals surface area contributed by atoms with E-state index in [9.17, 15) is 0 Å². The molecule has 20 rings (SSSR count). The maximum absolute atomic E-state index is 16.5. The third-order valence-corrected chi connectivity index (χ3v) is 21.3. The molecule has 0 aromatic heterocycles. The van der Waals surface area contributed by atoms with Crippen molar-refractivity contribution in [2.75, 3.05) is 19.6 Å². The molecule has 8 aliphatic rings. The largest absolute Gasteiger partial charge is 0.338 e. The first-order chi connectivity index (χ1) is 41.8. The SMILES string of the molecule is Cc1cccc(C)c1B1c2ccccc2N2C(=O)N3c4cccc5c4B(c4ccccc4C54c5ccccc5B5c6ccc7ccc8c9c7c6N(C(=O)N9c6ccccc6B8c6c(C)cccc6C)c6cccc4c65)c4ccc5ccc1c2c5c43. The Labute approximate surface area is 493 Å². The average Bonchev–Trinajstić information content (AvgIpc) is 0.702. The minimum atomic E-state index is -0.861. The monoisotopic (exact) mass is 1080 g/mol. The van der Waals surface area contributed by atoms with E-state index in [0.29, 0.717) is 0 Å². The summed E-state index contributed by atoms with van der Waals surface area (Å²) in [5, 5.41) is 4.45. The molecule has 12 aromatic rings. The van der Waals surface area contributed by atoms with Gasteiger partial charge in [-0.1, -0.05) is 238 Å². The molecule has 0 unspecified atom stereocenters. The molecule has 0 aliphatic carbocycles. The fourth-order valence-electron chi connectivity index (χ4n) is 18.4. The second-order valence-corrected chi connectivity index (χ2v) is 25.0. The first kappa shape index (κ1) is 46.4. The van der Waals surface area contributed by atoms with Crippen molar-refractivity contribution < 1.29 is 9.59 Å². The van der Waals surface area contributed by atoms with Crippen molar-refractivity contribution in [3.05, 3.63) is 263 Å². The maximum atomic E-state index is 16.5. The molecule has 8 heterocycles. The van der Waals surface area contributed by atoms with E-state index in [1.54, 1.807) is 0 Å². The Morgan fingerprint density at radius 3 is 0.953 bits per heavy atom. The van der Waals surface area contributed by atoms with Gasteiger partial charge in [-0.2, -0.15) is 0 Å². The van der Waals surface area contributed by atoms with Crippen LogP contribution in [0, 0.1) is 27.7 Å². The zero-order valence-electron chi connectivity index (χ0n) is 47.2. The smallest absolute Gasteiger partial charge is 0.263 e. The van der Waals surface area contributed by atoms with Crippen LogP contribution in [0.2, 0.25) is 0 Å². The second-order valence-electron chi connectivity index (χ2n) is 25.0. The van der Waals surface area contributed by atoms with Crippen LogP contribution in [-0.4, -0.2) is 38.9 Å². The van der Waals surface area contributed by atoms with Crippen LogP contribution >= 0.6 is 0 Å². The molecular weight excluding hydrogens is 1030 g/mol. The van der Waals surface area contributed by atoms with Crippen molar-refractivity contribution in [3.63, 3.8) is 0 Å². The molecule has 0 saturated carbocycles. The van der Waals surface area contributed by atoms with Gasteiger partial charge in [0, 0.05) is 33.5 Å². The maximum Gasteiger partial charge on any atom is 0.338 e. The zero-order chi connectivity index (χ0) is 56.2. The van der Waals surface area contributed by atoms with Gasteiger partial charge in [0.15, 0.2) is 0 Å². The quantitative estimate of drug-likeness (QED) is 0.164. The number of amides is 4. The highest BCUT2D eigenvalue weighted by atomic mass is 16.2. The molecule has 0 fully saturated rings. The molecule has 4 amide bonds. The van der Waals surface area contributed by atoms with Gasteiger partial charge in [0.25, 0.3) is 0 Å². The lowest BCUT2D eigenvalue weighted by Crippen LogP contribution is -2.72. The van der Waals surface area contributed by atoms with E-state index in [2.05, 4.69) is 256 Å². The van der Waals surface area contributed by atoms with Gasteiger partial charge in [-0.25, -0.2) is 9.59 Å². The van der Waals surface area contributed by atoms with Gasteiger partial charge in [-0.3, -0.25) is 19.6 Å². The molecule has 0 bridgehead atoms. The Morgan fingerprint density at radius 1 is 0.271 bits per heavy atom. The molecule has 85 heavy (non-hydrogen) atoms. The number of hydrogen-bond donors (Lipinski definition) is 0. The van der Waals surface area contributed by atoms with Gasteiger partial charge >= 0.3 is 12.1 Å². The van der Waals surface area contributed by atoms with Gasteiger partial charge in [0.05, 0.1) is 28.2 Å². The predicted molar refractivity (Wildman–Crippen MR) is 355 cm³/mol. The first-order valence-electron chi connectivity index (χ1n) is 30.0. The summed E-state index contributed by atoms with van der Waals surface area (Å²) in [4.78, 5) is 41.3. The fourth-order valence-corrected chi connectivity index (χ4v) is 18.4. The number of fused-ring (bicyclic) bond motifs is 16. The summed E-state index contributed by atoms with van der Waals surface area (Å²) in [6, 6.07) is 80.5. The van der Waals surface area contributed by atoms with Gasteiger partial charge < -0.3 is 0 Å². The molecule has 10 heteroatoms. The Morgan fingerprint density at radius 2 is 0.565 bits per heavy atom. The molecule has 0 atom stereocenters. The number of hydrogen-bond acceptors (Lipinski definition) is 2. The lowest BCUT2D eigenvalue weighted by Gasteiger charge is -2.54. The summed E-state index contributed by atoms with van der Waals surface area (Å²) in [6.45, 7) is 8.40. The number of benzene rings is 12. The van der Waals surface area contributed by atoms with E-state index in [0.717, 1.165) is 122 Å². The number of para-hydroxylation sites is 2. The van der Waals surface area contributed by atoms with E-state index >= 15 is 9.59 Å². The van der Waals surface area contributed by atoms with Crippen LogP contribution in [0.3, 0.4) is 0 Å². The van der Waals surface area contributed by atoms with E-state index in [1.807, 2.05) is 9.80 Å². The highest BCUT2D eigenvalue weighted by molar-refractivity contribution is 7.02. The third kappa shape index (κ3) is 5.26. The Balaban J connectivity index is 0.857. The Kier molecular flexibility index (Phi) is 8.62. The van der Waals surface area contributed by atoms with Crippen LogP contribution in [0.1, 0.15) is 44.5 Å². The number of carbonyl (C=O) groups is 2. The molecule has 8 aliphatic heterocycles. The van der Waals surface area contributed by atoms with Crippen LogP contribution in [-0.2, 0) is 5.41 Å². The lowest BCUT2D eigenvalue weighted by molar-refractivity contribution is 0.254. The van der Waals surface area contributed by atoms with Crippen LogP contribution < -0.4 is 85.2 Å². The van der Waals surface area contributed by atoms with Crippen molar-refractivity contribution in [1.82, 2.24) is 0 Å². The second kappa shape index (κ2) is 15.8. The molecular formula is C75H48B4N4O2. The number of urea groups is 2. The van der Waals surface area contributed by atoms with E-state index < -0.39 is 5.41 Å². The highest BCUT2D eigenvalue weighted by Crippen LogP contribution is 2.55. The highest BCUT2D eigenvalue weighted by Gasteiger charge is 2.60. The van der Waals surface area contributed by atoms with Gasteiger partial charge in [-0.15, -0.1) is 0 Å². The summed E-state index contributed by atoms with van der Waals surface area (Å²) in [5.41, 5.74) is 30.6. The molecule has 0 N–H and O–H groups in total.